The van der Waals surface area contributed by atoms with Crippen molar-refractivity contribution in [3.05, 3.63) is 12.2 Å². The van der Waals surface area contributed by atoms with Gasteiger partial charge in [0.25, 0.3) is 0 Å². The lowest BCUT2D eigenvalue weighted by Crippen LogP contribution is -1.93. The zero-order chi connectivity index (χ0) is 13.5. The molecule has 110 valence electrons. The monoisotopic (exact) mass is 280 g/mol. The highest BCUT2D eigenvalue weighted by molar-refractivity contribution is 5.75. The first-order valence-electron chi connectivity index (χ1n) is 7.64. The van der Waals surface area contributed by atoms with Crippen LogP contribution in [0.15, 0.2) is 12.2 Å². The number of aliphatic carboxylic acids is 1. The van der Waals surface area contributed by atoms with E-state index in [2.05, 4.69) is 19.1 Å². The maximum atomic E-state index is 10.3. The predicted molar refractivity (Wildman–Crippen MR) is 86.4 cm³/mol. The molecule has 0 rings (SSSR count). The molecule has 0 aliphatic heterocycles. The highest BCUT2D eigenvalue weighted by Crippen LogP contribution is 2.08. The van der Waals surface area contributed by atoms with Crippen molar-refractivity contribution in [1.82, 2.24) is 0 Å². The van der Waals surface area contributed by atoms with E-state index in [4.69, 9.17) is 5.11 Å². The van der Waals surface area contributed by atoms with Gasteiger partial charge in [-0.2, -0.15) is 0 Å². The summed E-state index contributed by atoms with van der Waals surface area (Å²) in [5.74, 6) is -0.666. The van der Waals surface area contributed by atoms with Crippen molar-refractivity contribution in [2.45, 2.75) is 84.0 Å². The molecule has 0 aromatic rings. The zero-order valence-corrected chi connectivity index (χ0v) is 12.0. The molecule has 0 spiro atoms. The second kappa shape index (κ2) is 18.0. The molecule has 0 fully saturated rings. The second-order valence-electron chi connectivity index (χ2n) is 5.02. The molecule has 0 aromatic heterocycles. The van der Waals surface area contributed by atoms with E-state index in [0.717, 1.165) is 12.8 Å². The fourth-order valence-corrected chi connectivity index (χ4v) is 1.99. The summed E-state index contributed by atoms with van der Waals surface area (Å²) in [5.41, 5.74) is 0. The van der Waals surface area contributed by atoms with Gasteiger partial charge in [-0.3, -0.25) is 4.79 Å². The molecule has 0 aliphatic carbocycles. The van der Waals surface area contributed by atoms with Gasteiger partial charge in [0.2, 0.25) is 0 Å². The van der Waals surface area contributed by atoms with Gasteiger partial charge in [-0.1, -0.05) is 57.6 Å². The molecule has 0 amide bonds. The van der Waals surface area contributed by atoms with Gasteiger partial charge in [0.1, 0.15) is 0 Å². The molecule has 2 nitrogen and oxygen atoms in total. The van der Waals surface area contributed by atoms with E-state index in [1.165, 1.54) is 57.8 Å². The van der Waals surface area contributed by atoms with Crippen LogP contribution in [-0.4, -0.2) is 34.1 Å². The highest BCUT2D eigenvalue weighted by atomic mass is 24.3. The Kier molecular flexibility index (Phi) is 20.1. The molecular formula is C16H32MgO2. The van der Waals surface area contributed by atoms with Crippen LogP contribution in [0.3, 0.4) is 0 Å². The Bertz CT molecular complexity index is 215. The Labute approximate surface area is 135 Å². The Hall–Kier alpha value is -0.0238. The van der Waals surface area contributed by atoms with Crippen molar-refractivity contribution >= 4 is 29.0 Å². The van der Waals surface area contributed by atoms with E-state index in [-0.39, 0.29) is 23.1 Å². The maximum Gasteiger partial charge on any atom is 0.316 e. The molecule has 0 aromatic carbocycles. The average Bonchev–Trinajstić information content (AvgIpc) is 2.34. The van der Waals surface area contributed by atoms with Crippen LogP contribution in [0.4, 0.5) is 0 Å². The first-order valence-corrected chi connectivity index (χ1v) is 7.64. The van der Waals surface area contributed by atoms with Gasteiger partial charge in [-0.15, -0.1) is 0 Å². The van der Waals surface area contributed by atoms with Crippen molar-refractivity contribution in [2.75, 3.05) is 0 Å². The van der Waals surface area contributed by atoms with E-state index >= 15 is 0 Å². The molecule has 0 heterocycles. The Morgan fingerprint density at radius 3 is 1.84 bits per heavy atom. The summed E-state index contributed by atoms with van der Waals surface area (Å²) in [6, 6.07) is 0. The van der Waals surface area contributed by atoms with Gasteiger partial charge < -0.3 is 5.11 Å². The van der Waals surface area contributed by atoms with Crippen LogP contribution in [0.25, 0.3) is 0 Å². The lowest BCUT2D eigenvalue weighted by Gasteiger charge is -1.98. The summed E-state index contributed by atoms with van der Waals surface area (Å²) in [6.45, 7) is 2.24. The zero-order valence-electron chi connectivity index (χ0n) is 12.0. The molecule has 19 heavy (non-hydrogen) atoms. The van der Waals surface area contributed by atoms with E-state index < -0.39 is 5.97 Å². The van der Waals surface area contributed by atoms with E-state index in [1.807, 2.05) is 0 Å². The fourth-order valence-electron chi connectivity index (χ4n) is 1.99. The highest BCUT2D eigenvalue weighted by Gasteiger charge is 1.95. The normalized spacial score (nSPS) is 10.6. The molecular weight excluding hydrogens is 248 g/mol. The number of carboxylic acid groups (broad SMARTS) is 1. The lowest BCUT2D eigenvalue weighted by molar-refractivity contribution is -0.137. The molecule has 0 atom stereocenters. The Morgan fingerprint density at radius 2 is 1.32 bits per heavy atom. The van der Waals surface area contributed by atoms with Crippen LogP contribution in [0, 0.1) is 0 Å². The SMILES string of the molecule is CCCCCCC=CCCCCCCCC(=O)O.[MgH2]. The summed E-state index contributed by atoms with van der Waals surface area (Å²) < 4.78 is 0. The molecule has 0 aliphatic rings. The summed E-state index contributed by atoms with van der Waals surface area (Å²) in [6.07, 6.45) is 18.3. The third kappa shape index (κ3) is 20.5. The topological polar surface area (TPSA) is 37.3 Å². The summed E-state index contributed by atoms with van der Waals surface area (Å²) in [7, 11) is 0. The lowest BCUT2D eigenvalue weighted by atomic mass is 10.1. The van der Waals surface area contributed by atoms with Crippen LogP contribution >= 0.6 is 0 Å². The quantitative estimate of drug-likeness (QED) is 0.308. The molecule has 0 bridgehead atoms. The van der Waals surface area contributed by atoms with Crippen molar-refractivity contribution in [1.29, 1.82) is 0 Å². The minimum absolute atomic E-state index is 0. The first-order chi connectivity index (χ1) is 8.77. The van der Waals surface area contributed by atoms with Crippen molar-refractivity contribution in [2.24, 2.45) is 0 Å². The number of allylic oxidation sites excluding steroid dienone is 2. The average molecular weight is 281 g/mol. The largest absolute Gasteiger partial charge is 0.481 e. The third-order valence-corrected chi connectivity index (χ3v) is 3.15. The Balaban J connectivity index is 0. The van der Waals surface area contributed by atoms with Gasteiger partial charge in [0.15, 0.2) is 0 Å². The van der Waals surface area contributed by atoms with Gasteiger partial charge in [-0.25, -0.2) is 0 Å². The molecule has 1 N–H and O–H groups in total. The molecule has 0 radical (unpaired) electrons. The number of hydrogen-bond donors (Lipinski definition) is 1. The van der Waals surface area contributed by atoms with E-state index in [9.17, 15) is 4.79 Å². The third-order valence-electron chi connectivity index (χ3n) is 3.15. The molecule has 0 saturated carbocycles. The second-order valence-corrected chi connectivity index (χ2v) is 5.02. The summed E-state index contributed by atoms with van der Waals surface area (Å²) >= 11 is 0. The summed E-state index contributed by atoms with van der Waals surface area (Å²) in [5, 5.41) is 8.48. The van der Waals surface area contributed by atoms with Crippen LogP contribution in [0.2, 0.25) is 0 Å². The van der Waals surface area contributed by atoms with Gasteiger partial charge in [0.05, 0.1) is 0 Å². The number of carbonyl (C=O) groups is 1. The van der Waals surface area contributed by atoms with Crippen LogP contribution < -0.4 is 0 Å². The molecule has 3 heteroatoms. The standard InChI is InChI=1S/C16H30O2.Mg.2H/c1-2-3-4-5-6-7-8-9-10-11-12-13-14-15-16(17)18;;;/h7-8H,2-6,9-15H2,1H3,(H,17,18);;;. The van der Waals surface area contributed by atoms with Gasteiger partial charge >= 0.3 is 29.0 Å². The minimum Gasteiger partial charge on any atom is -0.481 e. The van der Waals surface area contributed by atoms with E-state index in [1.54, 1.807) is 0 Å². The summed E-state index contributed by atoms with van der Waals surface area (Å²) in [4.78, 5) is 10.3. The number of carboxylic acids is 1. The maximum absolute atomic E-state index is 10.3. The predicted octanol–water partition coefficient (Wildman–Crippen LogP) is 4.41. The van der Waals surface area contributed by atoms with Crippen LogP contribution in [0.1, 0.15) is 84.0 Å². The van der Waals surface area contributed by atoms with Crippen LogP contribution in [0.5, 0.6) is 0 Å². The van der Waals surface area contributed by atoms with Crippen molar-refractivity contribution < 1.29 is 9.90 Å². The number of hydrogen-bond acceptors (Lipinski definition) is 1. The first kappa shape index (κ1) is 21.3. The van der Waals surface area contributed by atoms with E-state index in [0.29, 0.717) is 6.42 Å². The van der Waals surface area contributed by atoms with Crippen LogP contribution in [-0.2, 0) is 4.79 Å². The fraction of sp³-hybridized carbons (Fsp3) is 0.812. The smallest absolute Gasteiger partial charge is 0.316 e. The number of unbranched alkanes of at least 4 members (excludes halogenated alkanes) is 9. The molecule has 0 saturated heterocycles. The molecule has 0 unspecified atom stereocenters. The van der Waals surface area contributed by atoms with Crippen molar-refractivity contribution in [3.8, 4) is 0 Å². The van der Waals surface area contributed by atoms with Crippen molar-refractivity contribution in [3.63, 3.8) is 0 Å². The van der Waals surface area contributed by atoms with Gasteiger partial charge in [0, 0.05) is 6.42 Å². The minimum atomic E-state index is -0.666. The number of rotatable bonds is 13. The Morgan fingerprint density at radius 1 is 0.842 bits per heavy atom. The van der Waals surface area contributed by atoms with Gasteiger partial charge in [-0.05, 0) is 32.1 Å².